The Hall–Kier alpha value is -1.85. The first-order chi connectivity index (χ1) is 12.2. The number of rotatable bonds is 6. The van der Waals surface area contributed by atoms with Crippen molar-refractivity contribution in [2.75, 3.05) is 37.7 Å². The highest BCUT2D eigenvalue weighted by Crippen LogP contribution is 2.47. The Morgan fingerprint density at radius 3 is 2.56 bits per heavy atom. The third kappa shape index (κ3) is 3.31. The van der Waals surface area contributed by atoms with E-state index in [1.807, 2.05) is 11.7 Å². The molecule has 2 aromatic rings. The molecule has 0 radical (unpaired) electrons. The normalized spacial score (nSPS) is 19.2. The fourth-order valence-corrected chi connectivity index (χ4v) is 4.00. The van der Waals surface area contributed by atoms with E-state index < -0.39 is 0 Å². The van der Waals surface area contributed by atoms with Gasteiger partial charge in [0.2, 0.25) is 0 Å². The molecule has 0 unspecified atom stereocenters. The second-order valence-electron chi connectivity index (χ2n) is 7.36. The van der Waals surface area contributed by atoms with Crippen LogP contribution in [0.5, 0.6) is 0 Å². The molecule has 2 fully saturated rings. The van der Waals surface area contributed by atoms with Gasteiger partial charge in [0.25, 0.3) is 0 Å². The number of hydrogen-bond donors (Lipinski definition) is 1. The largest absolute Gasteiger partial charge is 0.378 e. The molecule has 134 valence electrons. The summed E-state index contributed by atoms with van der Waals surface area (Å²) in [6.45, 7) is 7.52. The van der Waals surface area contributed by atoms with Crippen LogP contribution in [0.25, 0.3) is 0 Å². The van der Waals surface area contributed by atoms with Gasteiger partial charge >= 0.3 is 0 Å². The molecule has 0 bridgehead atoms. The maximum absolute atomic E-state index is 5.50. The lowest BCUT2D eigenvalue weighted by atomic mass is 9.96. The zero-order valence-corrected chi connectivity index (χ0v) is 15.3. The summed E-state index contributed by atoms with van der Waals surface area (Å²) in [7, 11) is 2.05. The van der Waals surface area contributed by atoms with Crippen LogP contribution < -0.4 is 10.2 Å². The van der Waals surface area contributed by atoms with E-state index in [9.17, 15) is 0 Å². The Labute approximate surface area is 150 Å². The van der Waals surface area contributed by atoms with E-state index in [1.165, 1.54) is 29.8 Å². The second-order valence-corrected chi connectivity index (χ2v) is 7.36. The van der Waals surface area contributed by atoms with Gasteiger partial charge in [0.1, 0.15) is 5.82 Å². The zero-order valence-electron chi connectivity index (χ0n) is 15.3. The molecule has 1 saturated heterocycles. The minimum Gasteiger partial charge on any atom is -0.378 e. The van der Waals surface area contributed by atoms with E-state index in [-0.39, 0.29) is 0 Å². The van der Waals surface area contributed by atoms with Crippen molar-refractivity contribution < 1.29 is 4.74 Å². The number of aromatic nitrogens is 2. The van der Waals surface area contributed by atoms with Crippen molar-refractivity contribution in [1.82, 2.24) is 15.1 Å². The molecule has 5 nitrogen and oxygen atoms in total. The van der Waals surface area contributed by atoms with Crippen molar-refractivity contribution in [3.63, 3.8) is 0 Å². The minimum atomic E-state index is 0.344. The fourth-order valence-electron chi connectivity index (χ4n) is 4.00. The highest BCUT2D eigenvalue weighted by atomic mass is 16.5. The number of nitrogens with zero attached hydrogens (tertiary/aromatic N) is 3. The van der Waals surface area contributed by atoms with Crippen LogP contribution in [0.4, 0.5) is 5.82 Å². The Balaban J connectivity index is 1.45. The molecule has 0 atom stereocenters. The van der Waals surface area contributed by atoms with Crippen LogP contribution in [0.3, 0.4) is 0 Å². The van der Waals surface area contributed by atoms with Crippen molar-refractivity contribution in [3.05, 3.63) is 47.2 Å². The third-order valence-electron chi connectivity index (χ3n) is 5.63. The molecule has 5 heteroatoms. The highest BCUT2D eigenvalue weighted by Gasteiger charge is 2.43. The van der Waals surface area contributed by atoms with Crippen molar-refractivity contribution >= 4 is 5.82 Å². The van der Waals surface area contributed by atoms with Crippen molar-refractivity contribution in [3.8, 4) is 0 Å². The first-order valence-corrected chi connectivity index (χ1v) is 9.31. The quantitative estimate of drug-likeness (QED) is 0.877. The maximum Gasteiger partial charge on any atom is 0.131 e. The van der Waals surface area contributed by atoms with Gasteiger partial charge in [-0.2, -0.15) is 5.10 Å². The summed E-state index contributed by atoms with van der Waals surface area (Å²) in [5.41, 5.74) is 4.27. The molecule has 4 rings (SSSR count). The molecule has 1 aromatic carbocycles. The van der Waals surface area contributed by atoms with Crippen molar-refractivity contribution in [1.29, 1.82) is 0 Å². The molecule has 25 heavy (non-hydrogen) atoms. The molecule has 1 aromatic heterocycles. The molecule has 1 N–H and O–H groups in total. The summed E-state index contributed by atoms with van der Waals surface area (Å²) in [5, 5.41) is 8.39. The number of nitrogens with one attached hydrogen (secondary N) is 1. The van der Waals surface area contributed by atoms with Crippen LogP contribution in [0, 0.1) is 6.92 Å². The van der Waals surface area contributed by atoms with Crippen molar-refractivity contribution in [2.45, 2.75) is 31.7 Å². The van der Waals surface area contributed by atoms with Gasteiger partial charge in [-0.1, -0.05) is 30.3 Å². The lowest BCUT2D eigenvalue weighted by molar-refractivity contribution is 0.122. The number of ether oxygens (including phenoxy) is 1. The van der Waals surface area contributed by atoms with Gasteiger partial charge in [-0.25, -0.2) is 0 Å². The Morgan fingerprint density at radius 1 is 1.16 bits per heavy atom. The number of aryl methyl sites for hydroxylation is 2. The van der Waals surface area contributed by atoms with Crippen LogP contribution in [0.2, 0.25) is 0 Å². The predicted molar refractivity (Wildman–Crippen MR) is 100 cm³/mol. The second kappa shape index (κ2) is 6.81. The zero-order chi connectivity index (χ0) is 17.3. The van der Waals surface area contributed by atoms with E-state index in [0.29, 0.717) is 5.41 Å². The molecule has 1 aliphatic carbocycles. The van der Waals surface area contributed by atoms with E-state index in [2.05, 4.69) is 52.6 Å². The smallest absolute Gasteiger partial charge is 0.131 e. The average Bonchev–Trinajstić information content (AvgIpc) is 3.37. The third-order valence-corrected chi connectivity index (χ3v) is 5.63. The number of benzene rings is 1. The van der Waals surface area contributed by atoms with Crippen molar-refractivity contribution in [2.24, 2.45) is 7.05 Å². The molecule has 2 heterocycles. The molecule has 2 aliphatic rings. The van der Waals surface area contributed by atoms with Crippen LogP contribution in [-0.4, -0.2) is 42.6 Å². The van der Waals surface area contributed by atoms with Gasteiger partial charge < -0.3 is 15.0 Å². The first-order valence-electron chi connectivity index (χ1n) is 9.31. The monoisotopic (exact) mass is 340 g/mol. The highest BCUT2D eigenvalue weighted by molar-refractivity contribution is 5.50. The van der Waals surface area contributed by atoms with Gasteiger partial charge in [-0.05, 0) is 25.3 Å². The van der Waals surface area contributed by atoms with E-state index in [4.69, 9.17) is 4.74 Å². The van der Waals surface area contributed by atoms with Crippen LogP contribution >= 0.6 is 0 Å². The standard InChI is InChI=1S/C20H28N4O/c1-16-18(19(23(2)22-16)24-10-12-25-13-11-24)14-21-15-20(8-9-20)17-6-4-3-5-7-17/h3-7,21H,8-15H2,1-2H3. The predicted octanol–water partition coefficient (Wildman–Crippen LogP) is 2.39. The van der Waals surface area contributed by atoms with Gasteiger partial charge in [-0.15, -0.1) is 0 Å². The number of morpholine rings is 1. The SMILES string of the molecule is Cc1nn(C)c(N2CCOCC2)c1CNCC1(c2ccccc2)CC1. The summed E-state index contributed by atoms with van der Waals surface area (Å²) in [4.78, 5) is 2.41. The lowest BCUT2D eigenvalue weighted by Crippen LogP contribution is -2.38. The molecule has 1 saturated carbocycles. The topological polar surface area (TPSA) is 42.3 Å². The van der Waals surface area contributed by atoms with E-state index in [1.54, 1.807) is 0 Å². The summed E-state index contributed by atoms with van der Waals surface area (Å²) in [6, 6.07) is 10.9. The Morgan fingerprint density at radius 2 is 1.88 bits per heavy atom. The van der Waals surface area contributed by atoms with Crippen LogP contribution in [0.15, 0.2) is 30.3 Å². The van der Waals surface area contributed by atoms with Gasteiger partial charge in [0.15, 0.2) is 0 Å². The van der Waals surface area contributed by atoms with Gasteiger partial charge in [-0.3, -0.25) is 4.68 Å². The van der Waals surface area contributed by atoms with Gasteiger partial charge in [0, 0.05) is 44.2 Å². The van der Waals surface area contributed by atoms with Gasteiger partial charge in [0.05, 0.1) is 18.9 Å². The Kier molecular flexibility index (Phi) is 4.52. The number of hydrogen-bond acceptors (Lipinski definition) is 4. The van der Waals surface area contributed by atoms with E-state index in [0.717, 1.165) is 45.1 Å². The summed E-state index contributed by atoms with van der Waals surface area (Å²) in [6.07, 6.45) is 2.57. The molecular formula is C20H28N4O. The summed E-state index contributed by atoms with van der Waals surface area (Å²) >= 11 is 0. The first kappa shape index (κ1) is 16.6. The summed E-state index contributed by atoms with van der Waals surface area (Å²) in [5.74, 6) is 1.25. The molecule has 1 aliphatic heterocycles. The average molecular weight is 340 g/mol. The summed E-state index contributed by atoms with van der Waals surface area (Å²) < 4.78 is 7.53. The maximum atomic E-state index is 5.50. The minimum absolute atomic E-state index is 0.344. The molecule has 0 spiro atoms. The molecule has 0 amide bonds. The lowest BCUT2D eigenvalue weighted by Gasteiger charge is -2.29. The van der Waals surface area contributed by atoms with E-state index >= 15 is 0 Å². The molecular weight excluding hydrogens is 312 g/mol. The Bertz CT molecular complexity index is 715. The number of anilines is 1. The van der Waals surface area contributed by atoms with Crippen LogP contribution in [-0.2, 0) is 23.7 Å². The fraction of sp³-hybridized carbons (Fsp3) is 0.550. The van der Waals surface area contributed by atoms with Crippen LogP contribution in [0.1, 0.15) is 29.7 Å².